The molecule has 0 bridgehead atoms. The van der Waals surface area contributed by atoms with Crippen molar-refractivity contribution >= 4 is 33.6 Å². The van der Waals surface area contributed by atoms with Crippen molar-refractivity contribution in [2.45, 2.75) is 13.5 Å². The Morgan fingerprint density at radius 3 is 2.39 bits per heavy atom. The van der Waals surface area contributed by atoms with E-state index >= 15 is 0 Å². The molecule has 0 spiro atoms. The Balaban J connectivity index is 1.64. The molecule has 0 fully saturated rings. The van der Waals surface area contributed by atoms with Crippen LogP contribution in [0.1, 0.15) is 18.1 Å². The van der Waals surface area contributed by atoms with Crippen molar-refractivity contribution in [3.8, 4) is 23.3 Å². The normalized spacial score (nSPS) is 10.8. The predicted octanol–water partition coefficient (Wildman–Crippen LogP) is 5.98. The average molecular weight is 507 g/mol. The number of amides is 1. The summed E-state index contributed by atoms with van der Waals surface area (Å²) in [6, 6.07) is 22.0. The van der Waals surface area contributed by atoms with Crippen molar-refractivity contribution in [2.24, 2.45) is 0 Å². The zero-order valence-corrected chi connectivity index (χ0v) is 19.9. The van der Waals surface area contributed by atoms with Crippen LogP contribution < -0.4 is 19.5 Å². The first kappa shape index (κ1) is 23.9. The standard InChI is InChI=1S/C26H23BrN2O4/c1-3-32-25-15-19(6-13-24(25)31-2)14-20(16-28)26(30)29-22-9-11-23(12-10-22)33-17-18-4-7-21(27)8-5-18/h4-15H,3,17H2,1-2H3,(H,29,30)/b20-14+. The number of hydrogen-bond acceptors (Lipinski definition) is 5. The molecule has 33 heavy (non-hydrogen) atoms. The van der Waals surface area contributed by atoms with Crippen LogP contribution in [0.15, 0.2) is 76.8 Å². The smallest absolute Gasteiger partial charge is 0.266 e. The van der Waals surface area contributed by atoms with Crippen molar-refractivity contribution in [1.82, 2.24) is 0 Å². The molecule has 3 rings (SSSR count). The van der Waals surface area contributed by atoms with Crippen LogP contribution in [0.2, 0.25) is 0 Å². The molecule has 6 nitrogen and oxygen atoms in total. The lowest BCUT2D eigenvalue weighted by molar-refractivity contribution is -0.112. The Bertz CT molecular complexity index is 1170. The Morgan fingerprint density at radius 2 is 1.76 bits per heavy atom. The van der Waals surface area contributed by atoms with Crippen LogP contribution in [0.5, 0.6) is 17.2 Å². The van der Waals surface area contributed by atoms with E-state index in [-0.39, 0.29) is 5.57 Å². The highest BCUT2D eigenvalue weighted by molar-refractivity contribution is 9.10. The lowest BCUT2D eigenvalue weighted by atomic mass is 10.1. The van der Waals surface area contributed by atoms with Gasteiger partial charge in [-0.1, -0.05) is 34.1 Å². The number of rotatable bonds is 9. The molecule has 7 heteroatoms. The van der Waals surface area contributed by atoms with Crippen LogP contribution in [0.25, 0.3) is 6.08 Å². The molecule has 0 aliphatic carbocycles. The van der Waals surface area contributed by atoms with E-state index in [1.165, 1.54) is 6.08 Å². The largest absolute Gasteiger partial charge is 0.493 e. The SMILES string of the molecule is CCOc1cc(/C=C(\C#N)C(=O)Nc2ccc(OCc3ccc(Br)cc3)cc2)ccc1OC. The Hall–Kier alpha value is -3.76. The molecule has 3 aromatic carbocycles. The van der Waals surface area contributed by atoms with Gasteiger partial charge in [-0.15, -0.1) is 0 Å². The van der Waals surface area contributed by atoms with Gasteiger partial charge >= 0.3 is 0 Å². The van der Waals surface area contributed by atoms with E-state index < -0.39 is 5.91 Å². The molecular weight excluding hydrogens is 484 g/mol. The Labute approximate surface area is 201 Å². The van der Waals surface area contributed by atoms with Gasteiger partial charge in [-0.05, 0) is 72.7 Å². The fourth-order valence-corrected chi connectivity index (χ4v) is 3.21. The first-order valence-electron chi connectivity index (χ1n) is 10.2. The van der Waals surface area contributed by atoms with Gasteiger partial charge in [0.1, 0.15) is 24.0 Å². The van der Waals surface area contributed by atoms with Crippen molar-refractivity contribution < 1.29 is 19.0 Å². The molecule has 0 saturated heterocycles. The van der Waals surface area contributed by atoms with E-state index in [1.807, 2.05) is 37.3 Å². The van der Waals surface area contributed by atoms with Crippen molar-refractivity contribution in [1.29, 1.82) is 5.26 Å². The fraction of sp³-hybridized carbons (Fsp3) is 0.154. The van der Waals surface area contributed by atoms with E-state index in [2.05, 4.69) is 21.2 Å². The van der Waals surface area contributed by atoms with Crippen molar-refractivity contribution in [3.05, 3.63) is 87.9 Å². The lowest BCUT2D eigenvalue weighted by Gasteiger charge is -2.10. The molecule has 1 N–H and O–H groups in total. The van der Waals surface area contributed by atoms with Crippen LogP contribution in [0.3, 0.4) is 0 Å². The highest BCUT2D eigenvalue weighted by atomic mass is 79.9. The number of nitrogens with zero attached hydrogens (tertiary/aromatic N) is 1. The van der Waals surface area contributed by atoms with Crippen molar-refractivity contribution in [3.63, 3.8) is 0 Å². The minimum absolute atomic E-state index is 0.0295. The van der Waals surface area contributed by atoms with Crippen LogP contribution in [-0.2, 0) is 11.4 Å². The molecule has 0 radical (unpaired) electrons. The molecule has 3 aromatic rings. The first-order chi connectivity index (χ1) is 16.0. The monoisotopic (exact) mass is 506 g/mol. The third kappa shape index (κ3) is 6.86. The summed E-state index contributed by atoms with van der Waals surface area (Å²) in [5.74, 6) is 1.30. The number of hydrogen-bond donors (Lipinski definition) is 1. The van der Waals surface area contributed by atoms with Gasteiger partial charge in [0.15, 0.2) is 11.5 Å². The summed E-state index contributed by atoms with van der Waals surface area (Å²) in [5.41, 5.74) is 2.23. The minimum atomic E-state index is -0.505. The van der Waals surface area contributed by atoms with E-state index in [9.17, 15) is 10.1 Å². The average Bonchev–Trinajstić information content (AvgIpc) is 2.83. The predicted molar refractivity (Wildman–Crippen MR) is 131 cm³/mol. The zero-order chi connectivity index (χ0) is 23.6. The summed E-state index contributed by atoms with van der Waals surface area (Å²) < 4.78 is 17.6. The second kappa shape index (κ2) is 11.7. The molecule has 1 amide bonds. The lowest BCUT2D eigenvalue weighted by Crippen LogP contribution is -2.13. The van der Waals surface area contributed by atoms with Gasteiger partial charge < -0.3 is 19.5 Å². The van der Waals surface area contributed by atoms with Gasteiger partial charge in [0.2, 0.25) is 0 Å². The van der Waals surface area contributed by atoms with E-state index in [4.69, 9.17) is 14.2 Å². The second-order valence-corrected chi connectivity index (χ2v) is 7.82. The number of nitriles is 1. The second-order valence-electron chi connectivity index (χ2n) is 6.91. The molecule has 0 saturated carbocycles. The number of anilines is 1. The van der Waals surface area contributed by atoms with E-state index in [0.717, 1.165) is 10.0 Å². The maximum atomic E-state index is 12.6. The van der Waals surface area contributed by atoms with Crippen molar-refractivity contribution in [2.75, 3.05) is 19.0 Å². The molecule has 0 heterocycles. The quantitative estimate of drug-likeness (QED) is 0.285. The molecule has 168 valence electrons. The molecular formula is C26H23BrN2O4. The van der Waals surface area contributed by atoms with Crippen LogP contribution in [-0.4, -0.2) is 19.6 Å². The summed E-state index contributed by atoms with van der Waals surface area (Å²) in [6.07, 6.45) is 1.51. The number of halogens is 1. The number of carbonyl (C=O) groups is 1. The topological polar surface area (TPSA) is 80.6 Å². The summed E-state index contributed by atoms with van der Waals surface area (Å²) in [5, 5.41) is 12.2. The highest BCUT2D eigenvalue weighted by Crippen LogP contribution is 2.29. The molecule has 0 aliphatic rings. The van der Waals surface area contributed by atoms with Crippen LogP contribution in [0, 0.1) is 11.3 Å². The molecule has 0 atom stereocenters. The zero-order valence-electron chi connectivity index (χ0n) is 18.3. The van der Waals surface area contributed by atoms with E-state index in [0.29, 0.717) is 41.7 Å². The minimum Gasteiger partial charge on any atom is -0.493 e. The van der Waals surface area contributed by atoms with Gasteiger partial charge in [-0.25, -0.2) is 0 Å². The van der Waals surface area contributed by atoms with Gasteiger partial charge in [-0.3, -0.25) is 4.79 Å². The molecule has 0 unspecified atom stereocenters. The maximum Gasteiger partial charge on any atom is 0.266 e. The maximum absolute atomic E-state index is 12.6. The van der Waals surface area contributed by atoms with Gasteiger partial charge in [-0.2, -0.15) is 5.26 Å². The number of carbonyl (C=O) groups excluding carboxylic acids is 1. The number of benzene rings is 3. The number of nitrogens with one attached hydrogen (secondary N) is 1. The number of ether oxygens (including phenoxy) is 3. The van der Waals surface area contributed by atoms with Gasteiger partial charge in [0.25, 0.3) is 5.91 Å². The highest BCUT2D eigenvalue weighted by Gasteiger charge is 2.11. The third-order valence-electron chi connectivity index (χ3n) is 4.59. The molecule has 0 aromatic heterocycles. The van der Waals surface area contributed by atoms with E-state index in [1.54, 1.807) is 49.6 Å². The first-order valence-corrected chi connectivity index (χ1v) is 11.0. The summed E-state index contributed by atoms with van der Waals surface area (Å²) >= 11 is 3.41. The Kier molecular flexibility index (Phi) is 8.50. The third-order valence-corrected chi connectivity index (χ3v) is 5.12. The summed E-state index contributed by atoms with van der Waals surface area (Å²) in [6.45, 7) is 2.77. The fourth-order valence-electron chi connectivity index (χ4n) is 2.95. The summed E-state index contributed by atoms with van der Waals surface area (Å²) in [4.78, 5) is 12.6. The van der Waals surface area contributed by atoms with Crippen LogP contribution >= 0.6 is 15.9 Å². The van der Waals surface area contributed by atoms with Crippen LogP contribution in [0.4, 0.5) is 5.69 Å². The summed E-state index contributed by atoms with van der Waals surface area (Å²) in [7, 11) is 1.55. The number of methoxy groups -OCH3 is 1. The van der Waals surface area contributed by atoms with Gasteiger partial charge in [0, 0.05) is 10.2 Å². The Morgan fingerprint density at radius 1 is 1.03 bits per heavy atom. The van der Waals surface area contributed by atoms with Gasteiger partial charge in [0.05, 0.1) is 13.7 Å². The molecule has 0 aliphatic heterocycles.